The Bertz CT molecular complexity index is 783. The molecule has 1 aliphatic heterocycles. The second-order valence-corrected chi connectivity index (χ2v) is 7.49. The lowest BCUT2D eigenvalue weighted by atomic mass is 10.1. The number of hydrogen-bond donors (Lipinski definition) is 3. The number of rotatable bonds is 9. The number of carbonyl (C=O) groups is 1. The highest BCUT2D eigenvalue weighted by Gasteiger charge is 2.52. The first kappa shape index (κ1) is 24.0. The minimum atomic E-state index is -3.24. The second kappa shape index (κ2) is 11.2. The van der Waals surface area contributed by atoms with Gasteiger partial charge in [0.05, 0.1) is 11.7 Å². The molecule has 1 aliphatic rings. The van der Waals surface area contributed by atoms with E-state index < -0.39 is 36.7 Å². The maximum atomic E-state index is 14.1. The van der Waals surface area contributed by atoms with Gasteiger partial charge >= 0.3 is 5.97 Å². The van der Waals surface area contributed by atoms with Crippen molar-refractivity contribution in [3.8, 4) is 11.8 Å². The van der Waals surface area contributed by atoms with Crippen LogP contribution < -0.4 is 0 Å². The normalized spacial score (nSPS) is 22.0. The van der Waals surface area contributed by atoms with Crippen molar-refractivity contribution in [1.82, 2.24) is 4.90 Å². The molecule has 3 atom stereocenters. The fraction of sp³-hybridized carbons (Fsp3) is 0.522. The summed E-state index contributed by atoms with van der Waals surface area (Å²) in [6.07, 6.45) is 2.96. The van der Waals surface area contributed by atoms with Gasteiger partial charge in [-0.3, -0.25) is 4.90 Å². The number of carboxylic acids is 1. The molecule has 1 aromatic rings. The number of nitrogens with zero attached hydrogens (tertiary/aromatic N) is 1. The summed E-state index contributed by atoms with van der Waals surface area (Å²) in [4.78, 5) is 12.2. The summed E-state index contributed by atoms with van der Waals surface area (Å²) in [5, 5.41) is 29.1. The second-order valence-electron chi connectivity index (χ2n) is 7.49. The molecule has 0 radical (unpaired) electrons. The first-order chi connectivity index (χ1) is 14.2. The quantitative estimate of drug-likeness (QED) is 0.420. The third-order valence-corrected chi connectivity index (χ3v) is 5.08. The summed E-state index contributed by atoms with van der Waals surface area (Å²) in [6.45, 7) is 2.21. The monoisotopic (exact) mass is 421 g/mol. The first-order valence-corrected chi connectivity index (χ1v) is 10.2. The van der Waals surface area contributed by atoms with Crippen molar-refractivity contribution in [2.24, 2.45) is 0 Å². The zero-order valence-corrected chi connectivity index (χ0v) is 17.1. The molecule has 5 nitrogen and oxygen atoms in total. The highest BCUT2D eigenvalue weighted by atomic mass is 19.3. The Balaban J connectivity index is 1.96. The van der Waals surface area contributed by atoms with Crippen LogP contribution >= 0.6 is 0 Å². The molecule has 1 fully saturated rings. The van der Waals surface area contributed by atoms with Crippen LogP contribution in [0, 0.1) is 11.8 Å². The largest absolute Gasteiger partial charge is 0.478 e. The van der Waals surface area contributed by atoms with Gasteiger partial charge in [0.1, 0.15) is 0 Å². The van der Waals surface area contributed by atoms with Crippen LogP contribution in [0.15, 0.2) is 36.4 Å². The van der Waals surface area contributed by atoms with E-state index >= 15 is 0 Å². The van der Waals surface area contributed by atoms with Crippen LogP contribution in [-0.2, 0) is 6.42 Å². The summed E-state index contributed by atoms with van der Waals surface area (Å²) in [5.74, 6) is 1.70. The van der Waals surface area contributed by atoms with E-state index in [4.69, 9.17) is 5.11 Å². The average molecular weight is 421 g/mol. The number of hydrogen-bond acceptors (Lipinski definition) is 4. The van der Waals surface area contributed by atoms with E-state index in [1.807, 2.05) is 6.92 Å². The lowest BCUT2D eigenvalue weighted by Crippen LogP contribution is -2.41. The molecule has 1 aromatic carbocycles. The number of aromatic carboxylic acids is 1. The maximum absolute atomic E-state index is 14.1. The molecule has 7 heteroatoms. The average Bonchev–Trinajstić information content (AvgIpc) is 2.93. The minimum Gasteiger partial charge on any atom is -0.478 e. The van der Waals surface area contributed by atoms with E-state index in [9.17, 15) is 23.8 Å². The van der Waals surface area contributed by atoms with E-state index in [-0.39, 0.29) is 12.1 Å². The van der Waals surface area contributed by atoms with Crippen LogP contribution in [0.4, 0.5) is 8.78 Å². The highest BCUT2D eigenvalue weighted by Crippen LogP contribution is 2.37. The summed E-state index contributed by atoms with van der Waals surface area (Å²) < 4.78 is 28.2. The molecule has 1 saturated heterocycles. The fourth-order valence-electron chi connectivity index (χ4n) is 3.34. The number of likely N-dealkylation sites (tertiary alicyclic amines) is 1. The maximum Gasteiger partial charge on any atom is 0.335 e. The fourth-order valence-corrected chi connectivity index (χ4v) is 3.34. The zero-order valence-electron chi connectivity index (χ0n) is 17.1. The Morgan fingerprint density at radius 1 is 1.30 bits per heavy atom. The van der Waals surface area contributed by atoms with Crippen molar-refractivity contribution in [1.29, 1.82) is 0 Å². The summed E-state index contributed by atoms with van der Waals surface area (Å²) >= 11 is 0. The molecular formula is C23H29F2NO4. The van der Waals surface area contributed by atoms with Gasteiger partial charge < -0.3 is 15.3 Å². The Kier molecular flexibility index (Phi) is 8.97. The predicted octanol–water partition coefficient (Wildman–Crippen LogP) is 3.46. The van der Waals surface area contributed by atoms with Crippen molar-refractivity contribution in [3.05, 3.63) is 47.5 Å². The molecule has 30 heavy (non-hydrogen) atoms. The van der Waals surface area contributed by atoms with Gasteiger partial charge in [0.2, 0.25) is 0 Å². The first-order valence-electron chi connectivity index (χ1n) is 10.2. The standard InChI is InChI=1S/C23H29F2NO4/c1-2-3-4-5-6-7-20(27)13-12-19-16-23(24,25)22(30)26(19)15-14-17-8-10-18(11-9-17)21(28)29/h8-13,19-20,22,27,30H,2-3,6-7,14-16H2,1H3,(H,28,29). The number of alkyl halides is 2. The van der Waals surface area contributed by atoms with E-state index in [0.29, 0.717) is 19.3 Å². The molecule has 3 N–H and O–H groups in total. The lowest BCUT2D eigenvalue weighted by molar-refractivity contribution is -0.131. The number of aliphatic hydroxyl groups is 2. The van der Waals surface area contributed by atoms with Crippen LogP contribution in [0.3, 0.4) is 0 Å². The SMILES string of the molecule is CCCC#CCCC(O)C=CC1CC(F)(F)C(O)N1CCc1ccc(C(=O)O)cc1. The zero-order chi connectivity index (χ0) is 22.1. The van der Waals surface area contributed by atoms with Crippen LogP contribution in [0.1, 0.15) is 54.9 Å². The van der Waals surface area contributed by atoms with Gasteiger partial charge in [-0.05, 0) is 37.0 Å². The van der Waals surface area contributed by atoms with E-state index in [1.54, 1.807) is 12.1 Å². The summed E-state index contributed by atoms with van der Waals surface area (Å²) in [5.41, 5.74) is 0.941. The van der Waals surface area contributed by atoms with Gasteiger partial charge in [-0.1, -0.05) is 31.2 Å². The van der Waals surface area contributed by atoms with Crippen LogP contribution in [0.2, 0.25) is 0 Å². The van der Waals surface area contributed by atoms with Gasteiger partial charge in [0.25, 0.3) is 5.92 Å². The lowest BCUT2D eigenvalue weighted by Gasteiger charge is -2.26. The van der Waals surface area contributed by atoms with Crippen molar-refractivity contribution in [2.75, 3.05) is 6.54 Å². The molecule has 0 saturated carbocycles. The minimum absolute atomic E-state index is 0.153. The number of aliphatic hydroxyl groups excluding tert-OH is 2. The van der Waals surface area contributed by atoms with E-state index in [2.05, 4.69) is 11.8 Å². The Morgan fingerprint density at radius 2 is 1.97 bits per heavy atom. The highest BCUT2D eigenvalue weighted by molar-refractivity contribution is 5.87. The number of halogens is 2. The van der Waals surface area contributed by atoms with E-state index in [0.717, 1.165) is 18.4 Å². The molecule has 0 aromatic heterocycles. The van der Waals surface area contributed by atoms with Crippen molar-refractivity contribution >= 4 is 5.97 Å². The van der Waals surface area contributed by atoms with Crippen LogP contribution in [-0.4, -0.2) is 57.0 Å². The molecule has 0 amide bonds. The van der Waals surface area contributed by atoms with Gasteiger partial charge in [0.15, 0.2) is 6.23 Å². The van der Waals surface area contributed by atoms with Gasteiger partial charge in [-0.15, -0.1) is 11.8 Å². The van der Waals surface area contributed by atoms with Crippen molar-refractivity contribution in [2.45, 2.75) is 69.7 Å². The molecule has 0 spiro atoms. The Labute approximate surface area is 176 Å². The van der Waals surface area contributed by atoms with Crippen LogP contribution in [0.25, 0.3) is 0 Å². The smallest absolute Gasteiger partial charge is 0.335 e. The Hall–Kier alpha value is -2.27. The molecular weight excluding hydrogens is 392 g/mol. The Morgan fingerprint density at radius 3 is 2.60 bits per heavy atom. The number of carboxylic acid groups (broad SMARTS) is 1. The number of unbranched alkanes of at least 4 members (excludes halogenated alkanes) is 1. The van der Waals surface area contributed by atoms with Crippen molar-refractivity contribution in [3.63, 3.8) is 0 Å². The number of benzene rings is 1. The van der Waals surface area contributed by atoms with E-state index in [1.165, 1.54) is 29.2 Å². The van der Waals surface area contributed by atoms with Crippen molar-refractivity contribution < 1.29 is 28.9 Å². The van der Waals surface area contributed by atoms with Gasteiger partial charge in [-0.25, -0.2) is 13.6 Å². The molecule has 164 valence electrons. The predicted molar refractivity (Wildman–Crippen MR) is 110 cm³/mol. The van der Waals surface area contributed by atoms with Crippen LogP contribution in [0.5, 0.6) is 0 Å². The molecule has 2 rings (SSSR count). The molecule has 0 bridgehead atoms. The van der Waals surface area contributed by atoms with Gasteiger partial charge in [0, 0.05) is 31.8 Å². The summed E-state index contributed by atoms with van der Waals surface area (Å²) in [7, 11) is 0. The molecule has 0 aliphatic carbocycles. The topological polar surface area (TPSA) is 81.0 Å². The third kappa shape index (κ3) is 6.91. The summed E-state index contributed by atoms with van der Waals surface area (Å²) in [6, 6.07) is 5.50. The van der Waals surface area contributed by atoms with Gasteiger partial charge in [-0.2, -0.15) is 0 Å². The molecule has 3 unspecified atom stereocenters. The molecule has 1 heterocycles. The third-order valence-electron chi connectivity index (χ3n) is 5.08.